The number of hydrogen-bond acceptors (Lipinski definition) is 3. The van der Waals surface area contributed by atoms with Crippen molar-refractivity contribution < 1.29 is 4.79 Å². The van der Waals surface area contributed by atoms with Crippen molar-refractivity contribution >= 4 is 39.8 Å². The molecule has 82 valence electrons. The molecule has 2 rings (SSSR count). The molecule has 1 fully saturated rings. The van der Waals surface area contributed by atoms with Crippen LogP contribution in [-0.2, 0) is 0 Å². The Kier molecular flexibility index (Phi) is 3.32. The Morgan fingerprint density at radius 2 is 2.27 bits per heavy atom. The van der Waals surface area contributed by atoms with Crippen LogP contribution in [0.3, 0.4) is 0 Å². The number of nitrogens with zero attached hydrogens (tertiary/aromatic N) is 2. The third kappa shape index (κ3) is 2.19. The molecule has 1 aromatic rings. The zero-order valence-corrected chi connectivity index (χ0v) is 11.7. The van der Waals surface area contributed by atoms with E-state index in [1.165, 1.54) is 11.3 Å². The van der Waals surface area contributed by atoms with Gasteiger partial charge in [-0.1, -0.05) is 0 Å². The van der Waals surface area contributed by atoms with Gasteiger partial charge in [-0.15, -0.1) is 11.3 Å². The molecule has 0 aromatic carbocycles. The van der Waals surface area contributed by atoms with Gasteiger partial charge >= 0.3 is 0 Å². The molecular weight excluding hydrogens is 323 g/mol. The van der Waals surface area contributed by atoms with E-state index in [0.29, 0.717) is 6.04 Å². The molecule has 1 amide bonds. The van der Waals surface area contributed by atoms with Gasteiger partial charge in [0.05, 0.1) is 0 Å². The average Bonchev–Trinajstić information content (AvgIpc) is 2.47. The number of likely N-dealkylation sites (tertiary alicyclic amines) is 1. The molecule has 0 spiro atoms. The van der Waals surface area contributed by atoms with Gasteiger partial charge in [0.15, 0.2) is 0 Å². The lowest BCUT2D eigenvalue weighted by molar-refractivity contribution is 0.0403. The van der Waals surface area contributed by atoms with Crippen molar-refractivity contribution in [3.8, 4) is 0 Å². The van der Waals surface area contributed by atoms with Crippen LogP contribution in [-0.4, -0.2) is 48.9 Å². The third-order valence-corrected chi connectivity index (χ3v) is 4.86. The number of carbonyl (C=O) groups excluding carboxylic acids is 1. The van der Waals surface area contributed by atoms with Crippen molar-refractivity contribution in [3.05, 3.63) is 19.9 Å². The number of thiophene rings is 1. The fourth-order valence-corrected chi connectivity index (χ4v) is 3.32. The van der Waals surface area contributed by atoms with E-state index in [9.17, 15) is 4.79 Å². The summed E-state index contributed by atoms with van der Waals surface area (Å²) in [5.41, 5.74) is 0. The number of amides is 1. The van der Waals surface area contributed by atoms with E-state index >= 15 is 0 Å². The number of halogens is 1. The van der Waals surface area contributed by atoms with Gasteiger partial charge in [0, 0.05) is 22.7 Å². The van der Waals surface area contributed by atoms with Gasteiger partial charge in [-0.25, -0.2) is 0 Å². The third-order valence-electron chi connectivity index (χ3n) is 2.69. The van der Waals surface area contributed by atoms with Crippen LogP contribution < -0.4 is 0 Å². The molecule has 0 radical (unpaired) electrons. The van der Waals surface area contributed by atoms with Crippen LogP contribution in [0.4, 0.5) is 0 Å². The first-order valence-corrected chi connectivity index (χ1v) is 6.74. The van der Waals surface area contributed by atoms with Gasteiger partial charge in [0.1, 0.15) is 4.88 Å². The van der Waals surface area contributed by atoms with Gasteiger partial charge in [-0.2, -0.15) is 0 Å². The van der Waals surface area contributed by atoms with E-state index in [1.807, 2.05) is 16.3 Å². The molecule has 5 heteroatoms. The van der Waals surface area contributed by atoms with Gasteiger partial charge in [0.2, 0.25) is 0 Å². The van der Waals surface area contributed by atoms with E-state index < -0.39 is 0 Å². The number of carbonyl (C=O) groups is 1. The van der Waals surface area contributed by atoms with Crippen molar-refractivity contribution in [3.63, 3.8) is 0 Å². The Balaban J connectivity index is 1.98. The molecule has 0 unspecified atom stereocenters. The zero-order chi connectivity index (χ0) is 11.0. The lowest BCUT2D eigenvalue weighted by Crippen LogP contribution is -2.59. The monoisotopic (exact) mass is 336 g/mol. The normalized spacial score (nSPS) is 16.9. The molecule has 1 saturated heterocycles. The summed E-state index contributed by atoms with van der Waals surface area (Å²) in [6.45, 7) is 1.72. The Bertz CT molecular complexity index is 371. The molecule has 3 nitrogen and oxygen atoms in total. The minimum absolute atomic E-state index is 0.188. The van der Waals surface area contributed by atoms with Crippen molar-refractivity contribution in [1.82, 2.24) is 9.80 Å². The molecule has 0 bridgehead atoms. The second kappa shape index (κ2) is 4.39. The maximum atomic E-state index is 12.0. The second-order valence-corrected chi connectivity index (χ2v) is 6.00. The van der Waals surface area contributed by atoms with Crippen molar-refractivity contribution in [2.75, 3.05) is 27.2 Å². The highest BCUT2D eigenvalue weighted by molar-refractivity contribution is 14.1. The average molecular weight is 336 g/mol. The summed E-state index contributed by atoms with van der Waals surface area (Å²) in [6.07, 6.45) is 0. The fourth-order valence-electron chi connectivity index (χ4n) is 1.54. The Morgan fingerprint density at radius 1 is 1.60 bits per heavy atom. The summed E-state index contributed by atoms with van der Waals surface area (Å²) in [5.74, 6) is 0.188. The van der Waals surface area contributed by atoms with E-state index in [0.717, 1.165) is 21.5 Å². The summed E-state index contributed by atoms with van der Waals surface area (Å²) in [6, 6.07) is 2.52. The summed E-state index contributed by atoms with van der Waals surface area (Å²) < 4.78 is 1.07. The molecule has 0 atom stereocenters. The van der Waals surface area contributed by atoms with Crippen LogP contribution in [0.1, 0.15) is 9.67 Å². The first-order chi connectivity index (χ1) is 7.09. The van der Waals surface area contributed by atoms with Crippen LogP contribution in [0, 0.1) is 3.57 Å². The number of hydrogen-bond donors (Lipinski definition) is 0. The minimum atomic E-state index is 0.188. The van der Waals surface area contributed by atoms with E-state index in [4.69, 9.17) is 0 Å². The number of rotatable bonds is 2. The largest absolute Gasteiger partial charge is 0.335 e. The lowest BCUT2D eigenvalue weighted by Gasteiger charge is -2.42. The van der Waals surface area contributed by atoms with E-state index in [-0.39, 0.29) is 5.91 Å². The first-order valence-electron chi connectivity index (χ1n) is 4.78. The minimum Gasteiger partial charge on any atom is -0.335 e. The predicted molar refractivity (Wildman–Crippen MR) is 70.4 cm³/mol. The highest BCUT2D eigenvalue weighted by atomic mass is 127. The van der Waals surface area contributed by atoms with Gasteiger partial charge in [-0.3, -0.25) is 4.79 Å². The van der Waals surface area contributed by atoms with Gasteiger partial charge < -0.3 is 9.80 Å². The predicted octanol–water partition coefficient (Wildman–Crippen LogP) is 1.74. The topological polar surface area (TPSA) is 23.6 Å². The molecule has 1 aromatic heterocycles. The molecule has 1 aliphatic heterocycles. The Morgan fingerprint density at radius 3 is 2.73 bits per heavy atom. The highest BCUT2D eigenvalue weighted by Crippen LogP contribution is 2.23. The molecular formula is C10H13IN2OS. The zero-order valence-electron chi connectivity index (χ0n) is 8.74. The first kappa shape index (κ1) is 11.3. The van der Waals surface area contributed by atoms with Crippen LogP contribution in [0.15, 0.2) is 11.4 Å². The molecule has 2 heterocycles. The molecule has 0 aliphatic carbocycles. The molecule has 0 saturated carbocycles. The summed E-state index contributed by atoms with van der Waals surface area (Å²) in [7, 11) is 4.11. The maximum absolute atomic E-state index is 12.0. The second-order valence-electron chi connectivity index (χ2n) is 3.93. The van der Waals surface area contributed by atoms with Crippen molar-refractivity contribution in [2.45, 2.75) is 6.04 Å². The maximum Gasteiger partial charge on any atom is 0.265 e. The van der Waals surface area contributed by atoms with Crippen LogP contribution in [0.2, 0.25) is 0 Å². The Labute approximate surface area is 107 Å². The summed E-state index contributed by atoms with van der Waals surface area (Å²) >= 11 is 3.75. The lowest BCUT2D eigenvalue weighted by atomic mass is 10.1. The smallest absolute Gasteiger partial charge is 0.265 e. The highest BCUT2D eigenvalue weighted by Gasteiger charge is 2.33. The quantitative estimate of drug-likeness (QED) is 0.768. The number of likely N-dealkylation sites (N-methyl/N-ethyl adjacent to an activating group) is 1. The molecule has 0 N–H and O–H groups in total. The van der Waals surface area contributed by atoms with Gasteiger partial charge in [0.25, 0.3) is 5.91 Å². The summed E-state index contributed by atoms with van der Waals surface area (Å²) in [5, 5.41) is 1.97. The van der Waals surface area contributed by atoms with Crippen LogP contribution >= 0.6 is 33.9 Å². The fraction of sp³-hybridized carbons (Fsp3) is 0.500. The van der Waals surface area contributed by atoms with Gasteiger partial charge in [-0.05, 0) is 48.1 Å². The van der Waals surface area contributed by atoms with Crippen molar-refractivity contribution in [2.24, 2.45) is 0 Å². The SMILES string of the molecule is CN(C)C1CN(C(=O)c2sccc2I)C1. The van der Waals surface area contributed by atoms with Crippen molar-refractivity contribution in [1.29, 1.82) is 0 Å². The molecule has 15 heavy (non-hydrogen) atoms. The van der Waals surface area contributed by atoms with E-state index in [1.54, 1.807) is 0 Å². The summed E-state index contributed by atoms with van der Waals surface area (Å²) in [4.78, 5) is 17.0. The van der Waals surface area contributed by atoms with Crippen LogP contribution in [0.25, 0.3) is 0 Å². The van der Waals surface area contributed by atoms with Crippen LogP contribution in [0.5, 0.6) is 0 Å². The standard InChI is InChI=1S/C10H13IN2OS/c1-12(2)7-5-13(6-7)10(14)9-8(11)3-4-15-9/h3-4,7H,5-6H2,1-2H3. The van der Waals surface area contributed by atoms with E-state index in [2.05, 4.69) is 41.6 Å². The molecule has 1 aliphatic rings. The Hall–Kier alpha value is -0.140.